The molecule has 0 saturated carbocycles. The van der Waals surface area contributed by atoms with Gasteiger partial charge in [-0.1, -0.05) is 13.8 Å². The molecule has 0 radical (unpaired) electrons. The normalized spacial score (nSPS) is 12.8. The molecule has 5 heteroatoms. The molecule has 0 amide bonds. The Balaban J connectivity index is 1.83. The third kappa shape index (κ3) is 2.24. The topological polar surface area (TPSA) is 34.6 Å². The number of benzene rings is 1. The van der Waals surface area contributed by atoms with Crippen molar-refractivity contribution in [1.82, 2.24) is 14.5 Å². The van der Waals surface area contributed by atoms with Crippen molar-refractivity contribution in [2.24, 2.45) is 7.05 Å². The van der Waals surface area contributed by atoms with Gasteiger partial charge < -0.3 is 4.57 Å². The maximum absolute atomic E-state index is 4.76. The maximum Gasteiger partial charge on any atom is 0.287 e. The molecule has 4 nitrogen and oxygen atoms in total. The Labute approximate surface area is 163 Å². The van der Waals surface area contributed by atoms with Crippen molar-refractivity contribution in [2.45, 2.75) is 40.0 Å². The van der Waals surface area contributed by atoms with Crippen LogP contribution in [0.15, 0.2) is 30.2 Å². The highest BCUT2D eigenvalue weighted by atomic mass is 32.1. The van der Waals surface area contributed by atoms with Crippen molar-refractivity contribution >= 4 is 21.6 Å². The minimum absolute atomic E-state index is 0.475. The molecule has 3 aromatic heterocycles. The second-order valence-corrected chi connectivity index (χ2v) is 8.67. The zero-order valence-corrected chi connectivity index (χ0v) is 17.2. The van der Waals surface area contributed by atoms with Crippen LogP contribution in [0.5, 0.6) is 0 Å². The lowest BCUT2D eigenvalue weighted by Crippen LogP contribution is -2.31. The van der Waals surface area contributed by atoms with Crippen LogP contribution in [0.4, 0.5) is 0 Å². The van der Waals surface area contributed by atoms with E-state index in [4.69, 9.17) is 4.98 Å². The van der Waals surface area contributed by atoms with Crippen LogP contribution >= 0.6 is 11.3 Å². The van der Waals surface area contributed by atoms with Gasteiger partial charge in [0.25, 0.3) is 6.33 Å². The van der Waals surface area contributed by atoms with Crippen LogP contribution in [0.1, 0.15) is 47.8 Å². The van der Waals surface area contributed by atoms with Crippen molar-refractivity contribution < 1.29 is 4.57 Å². The highest BCUT2D eigenvalue weighted by Crippen LogP contribution is 2.40. The van der Waals surface area contributed by atoms with E-state index in [1.807, 2.05) is 23.9 Å². The largest absolute Gasteiger partial charge is 0.303 e. The minimum Gasteiger partial charge on any atom is -0.303 e. The van der Waals surface area contributed by atoms with E-state index in [-0.39, 0.29) is 0 Å². The Morgan fingerprint density at radius 2 is 2.00 bits per heavy atom. The van der Waals surface area contributed by atoms with Crippen molar-refractivity contribution in [3.8, 4) is 16.9 Å². The fourth-order valence-corrected chi connectivity index (χ4v) is 5.51. The molecule has 1 aromatic carbocycles. The molecule has 4 aromatic rings. The number of thiophene rings is 1. The van der Waals surface area contributed by atoms with Crippen LogP contribution in [0.3, 0.4) is 0 Å². The number of imidazole rings is 1. The number of hydrogen-bond acceptors (Lipinski definition) is 3. The summed E-state index contributed by atoms with van der Waals surface area (Å²) in [5.41, 5.74) is 10.4. The molecule has 1 aliphatic heterocycles. The lowest BCUT2D eigenvalue weighted by atomic mass is 9.93. The summed E-state index contributed by atoms with van der Waals surface area (Å²) in [7, 11) is 2.10. The SMILES string of the molecule is Cc1c(-c2c3scc(C(C)C)c3nc[n+]2C)cc2c(c1C)Cc1nccn1-2. The quantitative estimate of drug-likeness (QED) is 0.422. The Hall–Kier alpha value is -2.53. The van der Waals surface area contributed by atoms with Crippen molar-refractivity contribution in [2.75, 3.05) is 0 Å². The van der Waals surface area contributed by atoms with Gasteiger partial charge in [-0.3, -0.25) is 0 Å². The molecule has 136 valence electrons. The first-order valence-electron chi connectivity index (χ1n) is 9.39. The minimum atomic E-state index is 0.475. The second kappa shape index (κ2) is 5.73. The van der Waals surface area contributed by atoms with Gasteiger partial charge in [-0.15, -0.1) is 11.3 Å². The van der Waals surface area contributed by atoms with Gasteiger partial charge in [-0.05, 0) is 52.9 Å². The number of fused-ring (bicyclic) bond motifs is 4. The molecular weight excluding hydrogens is 352 g/mol. The molecule has 0 N–H and O–H groups in total. The summed E-state index contributed by atoms with van der Waals surface area (Å²) in [5.74, 6) is 1.61. The lowest BCUT2D eigenvalue weighted by molar-refractivity contribution is -0.662. The summed E-state index contributed by atoms with van der Waals surface area (Å²) >= 11 is 1.81. The number of rotatable bonds is 2. The van der Waals surface area contributed by atoms with Gasteiger partial charge >= 0.3 is 0 Å². The molecule has 1 aliphatic rings. The van der Waals surface area contributed by atoms with Crippen LogP contribution in [0, 0.1) is 13.8 Å². The standard InChI is InChI=1S/C22H23N4S/c1-12(2)17-10-27-22-20(17)24-11-25(5)21(22)16-8-18-15(13(3)14(16)4)9-19-23-6-7-26(18)19/h6-8,10-12H,9H2,1-5H3/q+1. The van der Waals surface area contributed by atoms with E-state index < -0.39 is 0 Å². The van der Waals surface area contributed by atoms with E-state index in [0.29, 0.717) is 5.92 Å². The molecule has 0 unspecified atom stereocenters. The molecular formula is C22H23N4S+. The molecule has 0 saturated heterocycles. The van der Waals surface area contributed by atoms with E-state index in [9.17, 15) is 0 Å². The maximum atomic E-state index is 4.76. The fraction of sp³-hybridized carbons (Fsp3) is 0.318. The third-order valence-corrected chi connectivity index (χ3v) is 6.91. The summed E-state index contributed by atoms with van der Waals surface area (Å²) in [6, 6.07) is 2.35. The van der Waals surface area contributed by atoms with Gasteiger partial charge in [0, 0.05) is 29.9 Å². The molecule has 0 fully saturated rings. The summed E-state index contributed by atoms with van der Waals surface area (Å²) in [4.78, 5) is 9.28. The summed E-state index contributed by atoms with van der Waals surface area (Å²) in [6.45, 7) is 8.97. The highest BCUT2D eigenvalue weighted by molar-refractivity contribution is 7.17. The Morgan fingerprint density at radius 3 is 2.78 bits per heavy atom. The van der Waals surface area contributed by atoms with Crippen molar-refractivity contribution in [3.05, 3.63) is 58.2 Å². The summed E-state index contributed by atoms with van der Waals surface area (Å²) in [6.07, 6.45) is 6.85. The Morgan fingerprint density at radius 1 is 1.19 bits per heavy atom. The molecule has 0 spiro atoms. The third-order valence-electron chi connectivity index (χ3n) is 5.92. The van der Waals surface area contributed by atoms with E-state index >= 15 is 0 Å². The number of hydrogen-bond donors (Lipinski definition) is 0. The average Bonchev–Trinajstić information content (AvgIpc) is 3.32. The molecule has 5 rings (SSSR count). The molecule has 0 atom stereocenters. The number of aromatic nitrogens is 4. The highest BCUT2D eigenvalue weighted by Gasteiger charge is 2.27. The van der Waals surface area contributed by atoms with Crippen LogP contribution in [-0.4, -0.2) is 14.5 Å². The van der Waals surface area contributed by atoms with Crippen LogP contribution < -0.4 is 4.57 Å². The van der Waals surface area contributed by atoms with E-state index in [2.05, 4.69) is 66.5 Å². The van der Waals surface area contributed by atoms with Gasteiger partial charge in [-0.25, -0.2) is 9.55 Å². The van der Waals surface area contributed by atoms with Gasteiger partial charge in [0.05, 0.1) is 12.7 Å². The first-order valence-corrected chi connectivity index (χ1v) is 10.3. The first kappa shape index (κ1) is 16.6. The molecule has 27 heavy (non-hydrogen) atoms. The van der Waals surface area contributed by atoms with Crippen LogP contribution in [0.2, 0.25) is 0 Å². The van der Waals surface area contributed by atoms with E-state index in [1.165, 1.54) is 43.9 Å². The predicted octanol–water partition coefficient (Wildman–Crippen LogP) is 4.62. The monoisotopic (exact) mass is 375 g/mol. The Kier molecular flexibility index (Phi) is 3.53. The second-order valence-electron chi connectivity index (χ2n) is 7.79. The number of nitrogens with zero attached hydrogens (tertiary/aromatic N) is 4. The van der Waals surface area contributed by atoms with E-state index in [0.717, 1.165) is 17.8 Å². The summed E-state index contributed by atoms with van der Waals surface area (Å²) in [5, 5.41) is 2.27. The van der Waals surface area contributed by atoms with Gasteiger partial charge in [0.15, 0.2) is 5.69 Å². The van der Waals surface area contributed by atoms with Crippen LogP contribution in [-0.2, 0) is 13.5 Å². The lowest BCUT2D eigenvalue weighted by Gasteiger charge is -2.14. The molecule has 0 aliphatic carbocycles. The zero-order valence-electron chi connectivity index (χ0n) is 16.4. The molecule has 4 heterocycles. The van der Waals surface area contributed by atoms with Gasteiger partial charge in [0.2, 0.25) is 5.52 Å². The summed E-state index contributed by atoms with van der Waals surface area (Å²) < 4.78 is 5.67. The predicted molar refractivity (Wildman–Crippen MR) is 110 cm³/mol. The average molecular weight is 376 g/mol. The fourth-order valence-electron chi connectivity index (χ4n) is 4.23. The first-order chi connectivity index (χ1) is 13.0. The molecule has 0 bridgehead atoms. The zero-order chi connectivity index (χ0) is 18.9. The van der Waals surface area contributed by atoms with Gasteiger partial charge in [0.1, 0.15) is 10.5 Å². The van der Waals surface area contributed by atoms with Gasteiger partial charge in [-0.2, -0.15) is 0 Å². The van der Waals surface area contributed by atoms with Crippen LogP contribution in [0.25, 0.3) is 27.2 Å². The van der Waals surface area contributed by atoms with E-state index in [1.54, 1.807) is 0 Å². The Bertz CT molecular complexity index is 1210. The van der Waals surface area contributed by atoms with Crippen molar-refractivity contribution in [3.63, 3.8) is 0 Å². The van der Waals surface area contributed by atoms with Crippen molar-refractivity contribution in [1.29, 1.82) is 0 Å². The smallest absolute Gasteiger partial charge is 0.287 e. The number of aryl methyl sites for hydroxylation is 1.